The highest BCUT2D eigenvalue weighted by atomic mass is 19.1. The van der Waals surface area contributed by atoms with Crippen molar-refractivity contribution in [2.24, 2.45) is 0 Å². The summed E-state index contributed by atoms with van der Waals surface area (Å²) in [5, 5.41) is 6.23. The Morgan fingerprint density at radius 1 is 0.907 bits per heavy atom. The van der Waals surface area contributed by atoms with Crippen molar-refractivity contribution in [1.29, 1.82) is 0 Å². The number of furan rings is 1. The molecule has 0 unspecified atom stereocenters. The number of benzene rings is 3. The Kier molecular flexibility index (Phi) is 7.84. The quantitative estimate of drug-likeness (QED) is 0.223. The molecule has 1 saturated heterocycles. The molecule has 0 radical (unpaired) electrons. The Morgan fingerprint density at radius 2 is 1.58 bits per heavy atom. The number of aromatic nitrogens is 2. The molecule has 218 valence electrons. The van der Waals surface area contributed by atoms with Gasteiger partial charge in [-0.05, 0) is 80.1 Å². The zero-order valence-electron chi connectivity index (χ0n) is 23.8. The SMILES string of the molecule is CC(=O)Cc1ccc(NC(=O)Nc2ccc(-c3nc(N4CCOCC4)c4cc(F)c(-c5ccc(C)o5)cc4n3)cc2)cc1. The van der Waals surface area contributed by atoms with E-state index < -0.39 is 11.8 Å². The fraction of sp³-hybridized carbons (Fsp3) is 0.212. The minimum Gasteiger partial charge on any atom is -0.461 e. The first-order chi connectivity index (χ1) is 20.8. The standard InChI is InChI=1S/C33H30FN5O4/c1-20(40)17-22-4-8-24(9-5-22)35-33(41)36-25-10-6-23(7-11-25)31-37-29-19-26(30-12-3-21(2)43-30)28(34)18-27(29)32(38-31)39-13-15-42-16-14-39/h3-12,18-19H,13-17H2,1-2H3,(H2,35,36,41). The number of aryl methyl sites for hydroxylation is 1. The summed E-state index contributed by atoms with van der Waals surface area (Å²) >= 11 is 0. The number of carbonyl (C=O) groups is 2. The molecule has 3 aromatic carbocycles. The molecule has 43 heavy (non-hydrogen) atoms. The van der Waals surface area contributed by atoms with E-state index in [0.29, 0.717) is 83.7 Å². The second-order valence-corrected chi connectivity index (χ2v) is 10.5. The van der Waals surface area contributed by atoms with Crippen molar-refractivity contribution >= 4 is 39.9 Å². The summed E-state index contributed by atoms with van der Waals surface area (Å²) in [5.41, 5.74) is 3.75. The number of ketones is 1. The summed E-state index contributed by atoms with van der Waals surface area (Å²) in [6, 6.07) is 20.7. The number of nitrogens with zero attached hydrogens (tertiary/aromatic N) is 3. The maximum Gasteiger partial charge on any atom is 0.323 e. The molecule has 1 fully saturated rings. The molecular formula is C33H30FN5O4. The highest BCUT2D eigenvalue weighted by molar-refractivity contribution is 6.00. The Morgan fingerprint density at radius 3 is 2.21 bits per heavy atom. The van der Waals surface area contributed by atoms with Crippen LogP contribution in [0.5, 0.6) is 0 Å². The third-order valence-electron chi connectivity index (χ3n) is 7.15. The zero-order chi connectivity index (χ0) is 29.9. The summed E-state index contributed by atoms with van der Waals surface area (Å²) in [5.74, 6) is 1.91. The molecule has 1 aliphatic rings. The van der Waals surface area contributed by atoms with Crippen LogP contribution in [0.4, 0.5) is 26.4 Å². The molecule has 0 bridgehead atoms. The van der Waals surface area contributed by atoms with E-state index in [4.69, 9.17) is 19.1 Å². The topological polar surface area (TPSA) is 110 Å². The van der Waals surface area contributed by atoms with Gasteiger partial charge < -0.3 is 24.7 Å². The van der Waals surface area contributed by atoms with Crippen LogP contribution in [-0.4, -0.2) is 48.1 Å². The average Bonchev–Trinajstić information content (AvgIpc) is 3.44. The smallest absolute Gasteiger partial charge is 0.323 e. The van der Waals surface area contributed by atoms with Crippen LogP contribution >= 0.6 is 0 Å². The van der Waals surface area contributed by atoms with Crippen LogP contribution < -0.4 is 15.5 Å². The second kappa shape index (κ2) is 12.0. The van der Waals surface area contributed by atoms with Crippen LogP contribution in [0, 0.1) is 12.7 Å². The minimum atomic E-state index is -0.409. The molecule has 0 atom stereocenters. The van der Waals surface area contributed by atoms with Gasteiger partial charge in [0.1, 0.15) is 28.9 Å². The zero-order valence-corrected chi connectivity index (χ0v) is 23.8. The number of hydrogen-bond acceptors (Lipinski definition) is 7. The van der Waals surface area contributed by atoms with Crippen molar-refractivity contribution in [3.05, 3.63) is 89.9 Å². The fourth-order valence-corrected chi connectivity index (χ4v) is 5.04. The number of urea groups is 1. The summed E-state index contributed by atoms with van der Waals surface area (Å²) in [6.45, 7) is 5.72. The third kappa shape index (κ3) is 6.39. The van der Waals surface area contributed by atoms with E-state index in [-0.39, 0.29) is 5.78 Å². The van der Waals surface area contributed by atoms with E-state index in [1.807, 2.05) is 31.2 Å². The van der Waals surface area contributed by atoms with E-state index in [0.717, 1.165) is 11.1 Å². The van der Waals surface area contributed by atoms with Crippen molar-refractivity contribution in [3.8, 4) is 22.7 Å². The number of Topliss-reactive ketones (excluding diaryl/α,β-unsaturated/α-hetero) is 1. The molecule has 0 saturated carbocycles. The van der Waals surface area contributed by atoms with E-state index in [2.05, 4.69) is 15.5 Å². The maximum absolute atomic E-state index is 15.3. The molecule has 5 aromatic rings. The van der Waals surface area contributed by atoms with E-state index in [1.165, 1.54) is 6.07 Å². The van der Waals surface area contributed by atoms with Gasteiger partial charge >= 0.3 is 6.03 Å². The van der Waals surface area contributed by atoms with Gasteiger partial charge in [-0.1, -0.05) is 12.1 Å². The van der Waals surface area contributed by atoms with Crippen LogP contribution in [0.3, 0.4) is 0 Å². The van der Waals surface area contributed by atoms with Gasteiger partial charge in [-0.25, -0.2) is 19.2 Å². The lowest BCUT2D eigenvalue weighted by Gasteiger charge is -2.29. The lowest BCUT2D eigenvalue weighted by molar-refractivity contribution is -0.116. The number of fused-ring (bicyclic) bond motifs is 1. The average molecular weight is 580 g/mol. The Hall–Kier alpha value is -5.09. The number of halogens is 1. The Labute approximate surface area is 247 Å². The first-order valence-electron chi connectivity index (χ1n) is 14.0. The summed E-state index contributed by atoms with van der Waals surface area (Å²) < 4.78 is 26.6. The molecule has 2 aromatic heterocycles. The molecule has 0 spiro atoms. The largest absolute Gasteiger partial charge is 0.461 e. The number of anilines is 3. The van der Waals surface area contributed by atoms with Crippen LogP contribution in [0.1, 0.15) is 18.2 Å². The molecular weight excluding hydrogens is 549 g/mol. The molecule has 3 heterocycles. The van der Waals surface area contributed by atoms with E-state index in [9.17, 15) is 9.59 Å². The van der Waals surface area contributed by atoms with Crippen LogP contribution in [0.15, 0.2) is 77.2 Å². The molecule has 10 heteroatoms. The van der Waals surface area contributed by atoms with Crippen molar-refractivity contribution in [2.75, 3.05) is 41.8 Å². The first-order valence-corrected chi connectivity index (χ1v) is 14.0. The lowest BCUT2D eigenvalue weighted by Crippen LogP contribution is -2.37. The fourth-order valence-electron chi connectivity index (χ4n) is 5.04. The third-order valence-corrected chi connectivity index (χ3v) is 7.15. The number of rotatable bonds is 7. The van der Waals surface area contributed by atoms with Crippen LogP contribution in [-0.2, 0) is 16.0 Å². The van der Waals surface area contributed by atoms with E-state index >= 15 is 4.39 Å². The monoisotopic (exact) mass is 579 g/mol. The van der Waals surface area contributed by atoms with Gasteiger partial charge in [0.05, 0.1) is 24.3 Å². The Balaban J connectivity index is 1.26. The maximum atomic E-state index is 15.3. The predicted octanol–water partition coefficient (Wildman–Crippen LogP) is 6.62. The number of morpholine rings is 1. The van der Waals surface area contributed by atoms with Gasteiger partial charge in [0.15, 0.2) is 5.82 Å². The highest BCUT2D eigenvalue weighted by Gasteiger charge is 2.21. The van der Waals surface area contributed by atoms with Gasteiger partial charge in [-0.3, -0.25) is 4.79 Å². The van der Waals surface area contributed by atoms with Crippen molar-refractivity contribution in [3.63, 3.8) is 0 Å². The van der Waals surface area contributed by atoms with Crippen molar-refractivity contribution in [1.82, 2.24) is 9.97 Å². The number of hydrogen-bond donors (Lipinski definition) is 2. The van der Waals surface area contributed by atoms with Gasteiger partial charge in [-0.15, -0.1) is 0 Å². The van der Waals surface area contributed by atoms with Crippen molar-refractivity contribution in [2.45, 2.75) is 20.3 Å². The number of carbonyl (C=O) groups excluding carboxylic acids is 2. The van der Waals surface area contributed by atoms with Gasteiger partial charge in [0.2, 0.25) is 0 Å². The lowest BCUT2D eigenvalue weighted by atomic mass is 10.1. The molecule has 2 amide bonds. The highest BCUT2D eigenvalue weighted by Crippen LogP contribution is 2.34. The van der Waals surface area contributed by atoms with Gasteiger partial charge in [0.25, 0.3) is 0 Å². The molecule has 9 nitrogen and oxygen atoms in total. The summed E-state index contributed by atoms with van der Waals surface area (Å²) in [6.07, 6.45) is 0.357. The van der Waals surface area contributed by atoms with Crippen molar-refractivity contribution < 1.29 is 23.1 Å². The summed E-state index contributed by atoms with van der Waals surface area (Å²) in [7, 11) is 0. The van der Waals surface area contributed by atoms with Gasteiger partial charge in [-0.2, -0.15) is 0 Å². The molecule has 2 N–H and O–H groups in total. The predicted molar refractivity (Wildman–Crippen MR) is 164 cm³/mol. The number of ether oxygens (including phenoxy) is 1. The molecule has 6 rings (SSSR count). The first kappa shape index (κ1) is 28.0. The normalized spacial score (nSPS) is 13.2. The molecule has 0 aliphatic carbocycles. The summed E-state index contributed by atoms with van der Waals surface area (Å²) in [4.78, 5) is 35.7. The Bertz CT molecular complexity index is 1800. The minimum absolute atomic E-state index is 0.0795. The second-order valence-electron chi connectivity index (χ2n) is 10.5. The number of amides is 2. The molecule has 1 aliphatic heterocycles. The van der Waals surface area contributed by atoms with Crippen LogP contribution in [0.2, 0.25) is 0 Å². The van der Waals surface area contributed by atoms with Gasteiger partial charge in [0, 0.05) is 41.8 Å². The van der Waals surface area contributed by atoms with E-state index in [1.54, 1.807) is 49.4 Å². The van der Waals surface area contributed by atoms with Crippen LogP contribution in [0.25, 0.3) is 33.6 Å². The number of nitrogens with one attached hydrogen (secondary N) is 2.